The Morgan fingerprint density at radius 2 is 1.94 bits per heavy atom. The first-order valence-corrected chi connectivity index (χ1v) is 6.04. The number of aromatic nitrogens is 1. The maximum atomic E-state index is 12.9. The standard InChI is InChI=1S/C15H17FN2/c1-11-14(4-3-9-18-11)15(17-2)10-12-5-7-13(16)8-6-12/h3-9,15,17H,10H2,1-2H3. The van der Waals surface area contributed by atoms with E-state index in [1.807, 2.05) is 32.2 Å². The van der Waals surface area contributed by atoms with E-state index in [4.69, 9.17) is 0 Å². The summed E-state index contributed by atoms with van der Waals surface area (Å²) in [5.41, 5.74) is 3.32. The van der Waals surface area contributed by atoms with Gasteiger partial charge in [0.2, 0.25) is 0 Å². The number of rotatable bonds is 4. The topological polar surface area (TPSA) is 24.9 Å². The molecule has 0 amide bonds. The fraction of sp³-hybridized carbons (Fsp3) is 0.267. The van der Waals surface area contributed by atoms with Gasteiger partial charge in [0.15, 0.2) is 0 Å². The van der Waals surface area contributed by atoms with Crippen LogP contribution in [0.25, 0.3) is 0 Å². The summed E-state index contributed by atoms with van der Waals surface area (Å²) in [7, 11) is 1.93. The van der Waals surface area contributed by atoms with E-state index in [1.165, 1.54) is 17.7 Å². The van der Waals surface area contributed by atoms with Gasteiger partial charge in [0.25, 0.3) is 0 Å². The largest absolute Gasteiger partial charge is 0.313 e. The van der Waals surface area contributed by atoms with E-state index in [0.29, 0.717) is 0 Å². The number of nitrogens with zero attached hydrogens (tertiary/aromatic N) is 1. The van der Waals surface area contributed by atoms with Crippen molar-refractivity contribution in [2.75, 3.05) is 7.05 Å². The summed E-state index contributed by atoms with van der Waals surface area (Å²) in [6, 6.07) is 10.9. The van der Waals surface area contributed by atoms with Crippen LogP contribution in [0.5, 0.6) is 0 Å². The molecule has 1 N–H and O–H groups in total. The number of likely N-dealkylation sites (N-methyl/N-ethyl adjacent to an activating group) is 1. The van der Waals surface area contributed by atoms with E-state index in [0.717, 1.165) is 17.7 Å². The maximum absolute atomic E-state index is 12.9. The lowest BCUT2D eigenvalue weighted by atomic mass is 9.98. The lowest BCUT2D eigenvalue weighted by Crippen LogP contribution is -2.20. The number of hydrogen-bond acceptors (Lipinski definition) is 2. The van der Waals surface area contributed by atoms with E-state index < -0.39 is 0 Å². The average Bonchev–Trinajstić information content (AvgIpc) is 2.39. The van der Waals surface area contributed by atoms with Gasteiger partial charge in [0, 0.05) is 17.9 Å². The van der Waals surface area contributed by atoms with E-state index in [1.54, 1.807) is 6.20 Å². The number of halogens is 1. The Kier molecular flexibility index (Phi) is 4.05. The first-order chi connectivity index (χ1) is 8.70. The Morgan fingerprint density at radius 3 is 2.56 bits per heavy atom. The van der Waals surface area contributed by atoms with Crippen molar-refractivity contribution in [3.63, 3.8) is 0 Å². The molecule has 0 saturated carbocycles. The second-order valence-electron chi connectivity index (χ2n) is 4.35. The summed E-state index contributed by atoms with van der Waals surface area (Å²) < 4.78 is 12.9. The number of benzene rings is 1. The van der Waals surface area contributed by atoms with Crippen molar-refractivity contribution in [3.05, 3.63) is 65.2 Å². The number of hydrogen-bond donors (Lipinski definition) is 1. The van der Waals surface area contributed by atoms with Crippen LogP contribution in [0.3, 0.4) is 0 Å². The van der Waals surface area contributed by atoms with Gasteiger partial charge < -0.3 is 5.32 Å². The van der Waals surface area contributed by atoms with Gasteiger partial charge in [0.05, 0.1) is 0 Å². The molecule has 3 heteroatoms. The molecule has 0 aliphatic carbocycles. The van der Waals surface area contributed by atoms with Crippen molar-refractivity contribution in [2.45, 2.75) is 19.4 Å². The third-order valence-corrected chi connectivity index (χ3v) is 3.12. The molecule has 1 unspecified atom stereocenters. The maximum Gasteiger partial charge on any atom is 0.123 e. The van der Waals surface area contributed by atoms with Gasteiger partial charge in [-0.1, -0.05) is 18.2 Å². The van der Waals surface area contributed by atoms with Crippen LogP contribution in [0.2, 0.25) is 0 Å². The van der Waals surface area contributed by atoms with Crippen LogP contribution >= 0.6 is 0 Å². The van der Waals surface area contributed by atoms with Crippen molar-refractivity contribution < 1.29 is 4.39 Å². The molecule has 0 radical (unpaired) electrons. The van der Waals surface area contributed by atoms with Crippen LogP contribution in [0.15, 0.2) is 42.6 Å². The minimum Gasteiger partial charge on any atom is -0.313 e. The van der Waals surface area contributed by atoms with Crippen LogP contribution in [-0.2, 0) is 6.42 Å². The zero-order valence-corrected chi connectivity index (χ0v) is 10.7. The average molecular weight is 244 g/mol. The normalized spacial score (nSPS) is 12.4. The highest BCUT2D eigenvalue weighted by Crippen LogP contribution is 2.20. The Morgan fingerprint density at radius 1 is 1.22 bits per heavy atom. The predicted octanol–water partition coefficient (Wildman–Crippen LogP) is 3.03. The Bertz CT molecular complexity index is 508. The molecule has 94 valence electrons. The smallest absolute Gasteiger partial charge is 0.123 e. The van der Waals surface area contributed by atoms with Gasteiger partial charge in [-0.3, -0.25) is 4.98 Å². The highest BCUT2D eigenvalue weighted by atomic mass is 19.1. The van der Waals surface area contributed by atoms with Gasteiger partial charge in [-0.25, -0.2) is 4.39 Å². The van der Waals surface area contributed by atoms with Crippen LogP contribution in [-0.4, -0.2) is 12.0 Å². The molecular formula is C15H17FN2. The third-order valence-electron chi connectivity index (χ3n) is 3.12. The quantitative estimate of drug-likeness (QED) is 0.894. The summed E-state index contributed by atoms with van der Waals surface area (Å²) in [5.74, 6) is -0.197. The van der Waals surface area contributed by atoms with Crippen molar-refractivity contribution >= 4 is 0 Å². The van der Waals surface area contributed by atoms with Crippen molar-refractivity contribution in [1.29, 1.82) is 0 Å². The predicted molar refractivity (Wildman–Crippen MR) is 70.9 cm³/mol. The van der Waals surface area contributed by atoms with E-state index in [2.05, 4.69) is 16.4 Å². The Balaban J connectivity index is 2.20. The third kappa shape index (κ3) is 2.93. The van der Waals surface area contributed by atoms with Crippen molar-refractivity contribution in [2.24, 2.45) is 0 Å². The van der Waals surface area contributed by atoms with E-state index in [9.17, 15) is 4.39 Å². The zero-order chi connectivity index (χ0) is 13.0. The Labute approximate surface area is 107 Å². The molecule has 0 saturated heterocycles. The SMILES string of the molecule is CNC(Cc1ccc(F)cc1)c1cccnc1C. The highest BCUT2D eigenvalue weighted by molar-refractivity contribution is 5.26. The van der Waals surface area contributed by atoms with Crippen LogP contribution in [0.4, 0.5) is 4.39 Å². The first-order valence-electron chi connectivity index (χ1n) is 6.04. The summed E-state index contributed by atoms with van der Waals surface area (Å²) in [5, 5.41) is 3.29. The molecular weight excluding hydrogens is 227 g/mol. The second-order valence-corrected chi connectivity index (χ2v) is 4.35. The van der Waals surface area contributed by atoms with Crippen molar-refractivity contribution in [1.82, 2.24) is 10.3 Å². The molecule has 18 heavy (non-hydrogen) atoms. The lowest BCUT2D eigenvalue weighted by molar-refractivity contribution is 0.583. The molecule has 2 aromatic rings. The summed E-state index contributed by atoms with van der Waals surface area (Å²) >= 11 is 0. The molecule has 0 aliphatic rings. The zero-order valence-electron chi connectivity index (χ0n) is 10.7. The molecule has 0 spiro atoms. The van der Waals surface area contributed by atoms with Crippen LogP contribution in [0, 0.1) is 12.7 Å². The number of nitrogens with one attached hydrogen (secondary N) is 1. The van der Waals surface area contributed by atoms with E-state index in [-0.39, 0.29) is 11.9 Å². The molecule has 1 aromatic carbocycles. The highest BCUT2D eigenvalue weighted by Gasteiger charge is 2.12. The summed E-state index contributed by atoms with van der Waals surface area (Å²) in [6.07, 6.45) is 2.62. The second kappa shape index (κ2) is 5.74. The van der Waals surface area contributed by atoms with Crippen LogP contribution in [0.1, 0.15) is 22.9 Å². The molecule has 0 aliphatic heterocycles. The Hall–Kier alpha value is -1.74. The van der Waals surface area contributed by atoms with E-state index >= 15 is 0 Å². The molecule has 2 rings (SSSR count). The van der Waals surface area contributed by atoms with Gasteiger partial charge in [-0.15, -0.1) is 0 Å². The van der Waals surface area contributed by atoms with Gasteiger partial charge in [-0.05, 0) is 49.7 Å². The first kappa shape index (κ1) is 12.7. The monoisotopic (exact) mass is 244 g/mol. The molecule has 1 aromatic heterocycles. The van der Waals surface area contributed by atoms with Crippen molar-refractivity contribution in [3.8, 4) is 0 Å². The minimum atomic E-state index is -0.197. The molecule has 1 heterocycles. The van der Waals surface area contributed by atoms with Gasteiger partial charge >= 0.3 is 0 Å². The summed E-state index contributed by atoms with van der Waals surface area (Å²) in [4.78, 5) is 4.30. The van der Waals surface area contributed by atoms with Crippen LogP contribution < -0.4 is 5.32 Å². The molecule has 0 bridgehead atoms. The number of pyridine rings is 1. The molecule has 2 nitrogen and oxygen atoms in total. The summed E-state index contributed by atoms with van der Waals surface area (Å²) in [6.45, 7) is 2.00. The number of aryl methyl sites for hydroxylation is 1. The molecule has 1 atom stereocenters. The fourth-order valence-corrected chi connectivity index (χ4v) is 2.09. The fourth-order valence-electron chi connectivity index (χ4n) is 2.09. The lowest BCUT2D eigenvalue weighted by Gasteiger charge is -2.18. The van der Waals surface area contributed by atoms with Gasteiger partial charge in [-0.2, -0.15) is 0 Å². The molecule has 0 fully saturated rings. The van der Waals surface area contributed by atoms with Gasteiger partial charge in [0.1, 0.15) is 5.82 Å². The minimum absolute atomic E-state index is 0.197.